The largest absolute Gasteiger partial charge is 0.481 e. The van der Waals surface area contributed by atoms with Crippen LogP contribution in [0, 0.1) is 27.3 Å². The maximum Gasteiger partial charge on any atom is 0.311 e. The van der Waals surface area contributed by atoms with Crippen molar-refractivity contribution in [1.82, 2.24) is 4.90 Å². The van der Waals surface area contributed by atoms with Gasteiger partial charge in [-0.15, -0.1) is 0 Å². The molecule has 1 aromatic carbocycles. The summed E-state index contributed by atoms with van der Waals surface area (Å²) >= 11 is 0. The van der Waals surface area contributed by atoms with E-state index in [1.54, 1.807) is 0 Å². The molecular formula is C15H17FN2O4. The highest BCUT2D eigenvalue weighted by molar-refractivity contribution is 5.76. The van der Waals surface area contributed by atoms with Crippen LogP contribution in [0.1, 0.15) is 24.8 Å². The number of benzene rings is 1. The monoisotopic (exact) mass is 308 g/mol. The molecule has 2 atom stereocenters. The SMILES string of the molecule is O=C(O)[C@@]12CCC[C@H]1CN(Cc1cc(F)ccc1[N+](=O)[O-])C2. The molecule has 1 N–H and O–H groups in total. The predicted octanol–water partition coefficient (Wildman–Crippen LogP) is 2.42. The van der Waals surface area contributed by atoms with Gasteiger partial charge in [-0.05, 0) is 30.9 Å². The van der Waals surface area contributed by atoms with Gasteiger partial charge in [0.15, 0.2) is 0 Å². The Hall–Kier alpha value is -2.02. The van der Waals surface area contributed by atoms with Gasteiger partial charge in [0.25, 0.3) is 5.69 Å². The first-order valence-corrected chi connectivity index (χ1v) is 7.31. The quantitative estimate of drug-likeness (QED) is 0.682. The van der Waals surface area contributed by atoms with Crippen molar-refractivity contribution >= 4 is 11.7 Å². The molecule has 1 saturated heterocycles. The van der Waals surface area contributed by atoms with Gasteiger partial charge in [0, 0.05) is 31.3 Å². The highest BCUT2D eigenvalue weighted by Crippen LogP contribution is 2.49. The topological polar surface area (TPSA) is 83.7 Å². The summed E-state index contributed by atoms with van der Waals surface area (Å²) in [5.41, 5.74) is -0.560. The van der Waals surface area contributed by atoms with Gasteiger partial charge in [0.05, 0.1) is 10.3 Å². The van der Waals surface area contributed by atoms with E-state index in [0.717, 1.165) is 25.0 Å². The molecular weight excluding hydrogens is 291 g/mol. The minimum Gasteiger partial charge on any atom is -0.481 e. The summed E-state index contributed by atoms with van der Waals surface area (Å²) in [5, 5.41) is 20.6. The zero-order valence-electron chi connectivity index (χ0n) is 12.0. The van der Waals surface area contributed by atoms with E-state index < -0.39 is 22.1 Å². The molecule has 2 aliphatic rings. The van der Waals surface area contributed by atoms with E-state index in [-0.39, 0.29) is 18.2 Å². The molecule has 1 aliphatic heterocycles. The summed E-state index contributed by atoms with van der Waals surface area (Å²) in [6.07, 6.45) is 2.42. The number of carboxylic acids is 1. The van der Waals surface area contributed by atoms with E-state index in [0.29, 0.717) is 25.1 Å². The molecule has 7 heteroatoms. The summed E-state index contributed by atoms with van der Waals surface area (Å²) in [4.78, 5) is 24.1. The molecule has 6 nitrogen and oxygen atoms in total. The number of halogens is 1. The maximum atomic E-state index is 13.4. The van der Waals surface area contributed by atoms with E-state index in [9.17, 15) is 24.4 Å². The van der Waals surface area contributed by atoms with Crippen LogP contribution in [0.4, 0.5) is 10.1 Å². The first-order chi connectivity index (χ1) is 10.4. The van der Waals surface area contributed by atoms with Crippen molar-refractivity contribution in [2.75, 3.05) is 13.1 Å². The lowest BCUT2D eigenvalue weighted by atomic mass is 9.81. The average molecular weight is 308 g/mol. The van der Waals surface area contributed by atoms with Gasteiger partial charge in [-0.3, -0.25) is 19.8 Å². The first-order valence-electron chi connectivity index (χ1n) is 7.31. The number of hydrogen-bond acceptors (Lipinski definition) is 4. The van der Waals surface area contributed by atoms with Crippen LogP contribution in [0.15, 0.2) is 18.2 Å². The van der Waals surface area contributed by atoms with Gasteiger partial charge in [0.1, 0.15) is 5.82 Å². The lowest BCUT2D eigenvalue weighted by molar-refractivity contribution is -0.385. The number of nitro groups is 1. The van der Waals surface area contributed by atoms with Crippen molar-refractivity contribution in [3.8, 4) is 0 Å². The summed E-state index contributed by atoms with van der Waals surface area (Å²) in [6.45, 7) is 1.18. The Bertz CT molecular complexity index is 636. The molecule has 3 rings (SSSR count). The van der Waals surface area contributed by atoms with Crippen LogP contribution >= 0.6 is 0 Å². The minimum atomic E-state index is -0.786. The van der Waals surface area contributed by atoms with Crippen molar-refractivity contribution < 1.29 is 19.2 Å². The fraction of sp³-hybridized carbons (Fsp3) is 0.533. The zero-order valence-corrected chi connectivity index (χ0v) is 12.0. The zero-order chi connectivity index (χ0) is 15.9. The third-order valence-corrected chi connectivity index (χ3v) is 5.00. The van der Waals surface area contributed by atoms with Gasteiger partial charge in [-0.1, -0.05) is 6.42 Å². The molecule has 22 heavy (non-hydrogen) atoms. The molecule has 0 bridgehead atoms. The second-order valence-corrected chi connectivity index (χ2v) is 6.25. The van der Waals surface area contributed by atoms with Crippen molar-refractivity contribution in [2.45, 2.75) is 25.8 Å². The number of likely N-dealkylation sites (tertiary alicyclic amines) is 1. The molecule has 0 radical (unpaired) electrons. The molecule has 1 saturated carbocycles. The summed E-state index contributed by atoms with van der Waals surface area (Å²) in [5.74, 6) is -1.23. The van der Waals surface area contributed by atoms with E-state index >= 15 is 0 Å². The molecule has 1 aliphatic carbocycles. The molecule has 0 aromatic heterocycles. The number of nitrogens with zero attached hydrogens (tertiary/aromatic N) is 2. The standard InChI is InChI=1S/C15H17FN2O4/c16-12-3-4-13(18(21)22)10(6-12)7-17-8-11-2-1-5-15(11,9-17)14(19)20/h3-4,6,11H,1-2,5,7-9H2,(H,19,20)/t11-,15+/m0/s1. The van der Waals surface area contributed by atoms with Gasteiger partial charge >= 0.3 is 5.97 Å². The molecule has 0 unspecified atom stereocenters. The van der Waals surface area contributed by atoms with Crippen molar-refractivity contribution in [1.29, 1.82) is 0 Å². The Kier molecular flexibility index (Phi) is 3.60. The Labute approximate surface area is 126 Å². The minimum absolute atomic E-state index is 0.0811. The number of carboxylic acid groups (broad SMARTS) is 1. The van der Waals surface area contributed by atoms with Crippen LogP contribution in [-0.2, 0) is 11.3 Å². The summed E-state index contributed by atoms with van der Waals surface area (Å²) in [6, 6.07) is 3.40. The third-order valence-electron chi connectivity index (χ3n) is 5.00. The van der Waals surface area contributed by atoms with Crippen LogP contribution in [0.25, 0.3) is 0 Å². The van der Waals surface area contributed by atoms with Gasteiger partial charge in [0.2, 0.25) is 0 Å². The predicted molar refractivity (Wildman–Crippen MR) is 75.7 cm³/mol. The molecule has 0 spiro atoms. The van der Waals surface area contributed by atoms with E-state index in [4.69, 9.17) is 0 Å². The normalized spacial score (nSPS) is 27.8. The molecule has 118 valence electrons. The first kappa shape index (κ1) is 14.9. The Morgan fingerprint density at radius 1 is 1.55 bits per heavy atom. The number of rotatable bonds is 4. The lowest BCUT2D eigenvalue weighted by Gasteiger charge is -2.23. The van der Waals surface area contributed by atoms with Gasteiger partial charge in [-0.25, -0.2) is 4.39 Å². The van der Waals surface area contributed by atoms with Gasteiger partial charge in [-0.2, -0.15) is 0 Å². The van der Waals surface area contributed by atoms with Crippen molar-refractivity contribution in [3.05, 3.63) is 39.7 Å². The third kappa shape index (κ3) is 2.35. The smallest absolute Gasteiger partial charge is 0.311 e. The molecule has 0 amide bonds. The fourth-order valence-corrected chi connectivity index (χ4v) is 3.96. The lowest BCUT2D eigenvalue weighted by Crippen LogP contribution is -2.35. The Balaban J connectivity index is 1.83. The van der Waals surface area contributed by atoms with Crippen LogP contribution in [0.5, 0.6) is 0 Å². The summed E-state index contributed by atoms with van der Waals surface area (Å²) < 4.78 is 13.4. The fourth-order valence-electron chi connectivity index (χ4n) is 3.96. The maximum absolute atomic E-state index is 13.4. The van der Waals surface area contributed by atoms with Crippen molar-refractivity contribution in [3.63, 3.8) is 0 Å². The van der Waals surface area contributed by atoms with Crippen LogP contribution < -0.4 is 0 Å². The number of hydrogen-bond donors (Lipinski definition) is 1. The van der Waals surface area contributed by atoms with Gasteiger partial charge < -0.3 is 5.11 Å². The van der Waals surface area contributed by atoms with E-state index in [2.05, 4.69) is 0 Å². The number of carbonyl (C=O) groups is 1. The van der Waals surface area contributed by atoms with E-state index in [1.165, 1.54) is 6.07 Å². The number of aliphatic carboxylic acids is 1. The summed E-state index contributed by atoms with van der Waals surface area (Å²) in [7, 11) is 0. The average Bonchev–Trinajstić information content (AvgIpc) is 2.95. The molecule has 2 fully saturated rings. The van der Waals surface area contributed by atoms with Crippen LogP contribution in [0.3, 0.4) is 0 Å². The van der Waals surface area contributed by atoms with E-state index in [1.807, 2.05) is 4.90 Å². The van der Waals surface area contributed by atoms with Crippen LogP contribution in [0.2, 0.25) is 0 Å². The molecule has 1 aromatic rings. The van der Waals surface area contributed by atoms with Crippen LogP contribution in [-0.4, -0.2) is 34.0 Å². The second kappa shape index (κ2) is 5.31. The number of nitro benzene ring substituents is 1. The highest BCUT2D eigenvalue weighted by atomic mass is 19.1. The van der Waals surface area contributed by atoms with Crippen molar-refractivity contribution in [2.24, 2.45) is 11.3 Å². The second-order valence-electron chi connectivity index (χ2n) is 6.25. The Morgan fingerprint density at radius 2 is 2.32 bits per heavy atom. The number of fused-ring (bicyclic) bond motifs is 1. The molecule has 1 heterocycles. The Morgan fingerprint density at radius 3 is 2.95 bits per heavy atom. The highest BCUT2D eigenvalue weighted by Gasteiger charge is 2.54.